The molecule has 2 aromatic carbocycles. The summed E-state index contributed by atoms with van der Waals surface area (Å²) < 4.78 is 25.5. The van der Waals surface area contributed by atoms with Crippen molar-refractivity contribution in [2.75, 3.05) is 26.3 Å². The molecule has 0 N–H and O–H groups in total. The number of nitrogens with zero attached hydrogens (tertiary/aromatic N) is 1. The van der Waals surface area contributed by atoms with Gasteiger partial charge < -0.3 is 33.3 Å². The van der Waals surface area contributed by atoms with Crippen molar-refractivity contribution < 1.29 is 42.9 Å². The minimum absolute atomic E-state index is 0.148. The highest BCUT2D eigenvalue weighted by molar-refractivity contribution is 5.86. The summed E-state index contributed by atoms with van der Waals surface area (Å²) in [6, 6.07) is 20.1. The van der Waals surface area contributed by atoms with Crippen LogP contribution in [0, 0.1) is 5.92 Å². The molecule has 3 unspecified atom stereocenters. The summed E-state index contributed by atoms with van der Waals surface area (Å²) in [6.07, 6.45) is 6.98. The highest BCUT2D eigenvalue weighted by Gasteiger charge is 2.57. The van der Waals surface area contributed by atoms with Crippen LogP contribution in [0.15, 0.2) is 60.7 Å². The molecule has 4 aliphatic rings. The Labute approximate surface area is 253 Å². The van der Waals surface area contributed by atoms with E-state index in [9.17, 15) is 9.59 Å². The van der Waals surface area contributed by atoms with Gasteiger partial charge in [-0.2, -0.15) is 0 Å². The first kappa shape index (κ1) is 31.2. The van der Waals surface area contributed by atoms with Crippen molar-refractivity contribution in [3.05, 3.63) is 71.8 Å². The second-order valence-electron chi connectivity index (χ2n) is 12.2. The predicted octanol–water partition coefficient (Wildman–Crippen LogP) is 3.48. The standard InChI is InChI=1S/C33H42NO6.CH2O2/c1-24(38-31(35)25-16-20-37-21-17-25)40-33(26-10-4-2-5-11-26,27-12-6-3-7-13-27)32(36)39-30-22-28-14-15-29(23-30)34(28)18-8-9-19-34;2-1-3/h2-7,10-13,24-25,28-30H,8-9,14-23H2,1H3;1H,(H,2,3)/q+1;/p-1. The normalized spacial score (nSPS) is 25.3. The van der Waals surface area contributed by atoms with Crippen molar-refractivity contribution in [2.45, 2.75) is 88.4 Å². The van der Waals surface area contributed by atoms with Crippen LogP contribution < -0.4 is 5.11 Å². The van der Waals surface area contributed by atoms with Crippen LogP contribution in [0.1, 0.15) is 69.4 Å². The van der Waals surface area contributed by atoms with Gasteiger partial charge in [-0.25, -0.2) is 4.79 Å². The van der Waals surface area contributed by atoms with E-state index >= 15 is 0 Å². The SMILES string of the molecule is CC(OC(=O)C1CCOCC1)OC(C(=O)OC1CC2CCC(C1)[N+]21CCCC1)(c1ccccc1)c1ccccc1.O=C[O-]. The Balaban J connectivity index is 0.00000118. The van der Waals surface area contributed by atoms with Crippen LogP contribution >= 0.6 is 0 Å². The summed E-state index contributed by atoms with van der Waals surface area (Å²) in [5, 5.41) is 8.25. The number of carbonyl (C=O) groups is 3. The molecule has 2 aromatic rings. The zero-order valence-electron chi connectivity index (χ0n) is 24.9. The molecule has 4 heterocycles. The third kappa shape index (κ3) is 6.49. The fourth-order valence-electron chi connectivity index (χ4n) is 7.94. The van der Waals surface area contributed by atoms with E-state index in [4.69, 9.17) is 28.8 Å². The van der Waals surface area contributed by atoms with E-state index in [0.717, 1.165) is 12.8 Å². The number of esters is 2. The van der Waals surface area contributed by atoms with Gasteiger partial charge in [0.05, 0.1) is 31.1 Å². The molecule has 2 bridgehead atoms. The second kappa shape index (κ2) is 14.0. The molecule has 0 amide bonds. The molecule has 6 rings (SSSR count). The number of hydrogen-bond acceptors (Lipinski definition) is 8. The first-order valence-corrected chi connectivity index (χ1v) is 15.6. The molecule has 0 aliphatic carbocycles. The Morgan fingerprint density at radius 3 is 1.93 bits per heavy atom. The van der Waals surface area contributed by atoms with E-state index in [-0.39, 0.29) is 18.0 Å². The predicted molar refractivity (Wildman–Crippen MR) is 155 cm³/mol. The van der Waals surface area contributed by atoms with Gasteiger partial charge in [-0.1, -0.05) is 60.7 Å². The van der Waals surface area contributed by atoms with Gasteiger partial charge in [-0.05, 0) is 30.9 Å². The van der Waals surface area contributed by atoms with Gasteiger partial charge in [-0.15, -0.1) is 0 Å². The molecule has 9 heteroatoms. The minimum atomic E-state index is -1.58. The molecule has 0 saturated carbocycles. The van der Waals surface area contributed by atoms with E-state index in [1.807, 2.05) is 60.7 Å². The quantitative estimate of drug-likeness (QED) is 0.198. The zero-order valence-corrected chi connectivity index (χ0v) is 24.9. The lowest BCUT2D eigenvalue weighted by atomic mass is 9.85. The van der Waals surface area contributed by atoms with Gasteiger partial charge >= 0.3 is 11.9 Å². The summed E-state index contributed by atoms with van der Waals surface area (Å²) >= 11 is 0. The average Bonchev–Trinajstić information content (AvgIpc) is 3.58. The number of carbonyl (C=O) groups excluding carboxylic acids is 3. The van der Waals surface area contributed by atoms with E-state index in [1.165, 1.54) is 43.3 Å². The Kier molecular flexibility index (Phi) is 10.2. The third-order valence-electron chi connectivity index (χ3n) is 9.86. The van der Waals surface area contributed by atoms with Gasteiger partial charge in [0, 0.05) is 58.2 Å². The van der Waals surface area contributed by atoms with Crippen LogP contribution in [0.3, 0.4) is 0 Å². The van der Waals surface area contributed by atoms with Gasteiger partial charge in [0.15, 0.2) is 0 Å². The van der Waals surface area contributed by atoms with Crippen molar-refractivity contribution in [3.8, 4) is 0 Å². The highest BCUT2D eigenvalue weighted by Crippen LogP contribution is 2.47. The molecular formula is C34H43NO8. The molecule has 232 valence electrons. The number of rotatable bonds is 8. The van der Waals surface area contributed by atoms with Crippen molar-refractivity contribution in [1.82, 2.24) is 0 Å². The van der Waals surface area contributed by atoms with Gasteiger partial charge in [0.2, 0.25) is 11.9 Å². The molecule has 0 radical (unpaired) electrons. The van der Waals surface area contributed by atoms with Crippen LogP contribution in [0.2, 0.25) is 0 Å². The molecule has 0 aromatic heterocycles. The smallest absolute Gasteiger partial charge is 0.348 e. The fraction of sp³-hybridized carbons (Fsp3) is 0.559. The largest absolute Gasteiger partial charge is 0.554 e. The third-order valence-corrected chi connectivity index (χ3v) is 9.86. The van der Waals surface area contributed by atoms with E-state index < -0.39 is 24.3 Å². The maximum atomic E-state index is 14.5. The van der Waals surface area contributed by atoms with E-state index in [0.29, 0.717) is 49.3 Å². The molecule has 9 nitrogen and oxygen atoms in total. The van der Waals surface area contributed by atoms with Gasteiger partial charge in [-0.3, -0.25) is 4.79 Å². The Hall–Kier alpha value is -3.27. The Morgan fingerprint density at radius 2 is 1.42 bits per heavy atom. The van der Waals surface area contributed by atoms with Crippen molar-refractivity contribution in [3.63, 3.8) is 0 Å². The fourth-order valence-corrected chi connectivity index (χ4v) is 7.94. The number of quaternary nitrogens is 1. The lowest BCUT2D eigenvalue weighted by Crippen LogP contribution is -2.60. The van der Waals surface area contributed by atoms with Crippen molar-refractivity contribution in [2.24, 2.45) is 5.92 Å². The molecule has 4 saturated heterocycles. The molecule has 43 heavy (non-hydrogen) atoms. The lowest BCUT2D eigenvalue weighted by Gasteiger charge is -2.47. The first-order chi connectivity index (χ1) is 20.9. The molecular weight excluding hydrogens is 550 g/mol. The Morgan fingerprint density at radius 1 is 0.907 bits per heavy atom. The van der Waals surface area contributed by atoms with Crippen LogP contribution in [-0.2, 0) is 38.9 Å². The van der Waals surface area contributed by atoms with Gasteiger partial charge in [0.1, 0.15) is 6.10 Å². The zero-order chi connectivity index (χ0) is 30.3. The van der Waals surface area contributed by atoms with Crippen molar-refractivity contribution >= 4 is 18.4 Å². The van der Waals surface area contributed by atoms with Gasteiger partial charge in [0.25, 0.3) is 0 Å². The molecule has 3 atom stereocenters. The molecule has 4 aliphatic heterocycles. The summed E-state index contributed by atoms with van der Waals surface area (Å²) in [5.41, 5.74) is -0.266. The van der Waals surface area contributed by atoms with Crippen LogP contribution in [0.5, 0.6) is 0 Å². The maximum Gasteiger partial charge on any atom is 0.348 e. The van der Waals surface area contributed by atoms with Crippen LogP contribution in [0.4, 0.5) is 0 Å². The molecule has 4 fully saturated rings. The summed E-state index contributed by atoms with van der Waals surface area (Å²) in [5.74, 6) is -0.992. The number of ether oxygens (including phenoxy) is 4. The molecule has 1 spiro atoms. The first-order valence-electron chi connectivity index (χ1n) is 15.6. The van der Waals surface area contributed by atoms with E-state index in [1.54, 1.807) is 6.92 Å². The highest BCUT2D eigenvalue weighted by atomic mass is 16.7. The van der Waals surface area contributed by atoms with Crippen LogP contribution in [-0.4, -0.2) is 73.7 Å². The van der Waals surface area contributed by atoms with Crippen molar-refractivity contribution in [1.29, 1.82) is 0 Å². The number of carboxylic acid groups (broad SMARTS) is 1. The minimum Gasteiger partial charge on any atom is -0.554 e. The second-order valence-corrected chi connectivity index (χ2v) is 12.2. The van der Waals surface area contributed by atoms with Crippen LogP contribution in [0.25, 0.3) is 0 Å². The number of hydrogen-bond donors (Lipinski definition) is 0. The Bertz CT molecular complexity index is 1150. The summed E-state index contributed by atoms with van der Waals surface area (Å²) in [7, 11) is 0. The summed E-state index contributed by atoms with van der Waals surface area (Å²) in [4.78, 5) is 35.7. The number of benzene rings is 2. The van der Waals surface area contributed by atoms with E-state index in [2.05, 4.69) is 0 Å². The topological polar surface area (TPSA) is 111 Å². The summed E-state index contributed by atoms with van der Waals surface area (Å²) in [6.45, 7) is 4.82. The maximum absolute atomic E-state index is 14.5. The number of piperidine rings is 1. The lowest BCUT2D eigenvalue weighted by molar-refractivity contribution is -0.956. The monoisotopic (exact) mass is 593 g/mol. The average molecular weight is 594 g/mol.